The number of likely N-dealkylation sites (N-methyl/N-ethyl adjacent to an activating group) is 1. The molecule has 0 unspecified atom stereocenters. The van der Waals surface area contributed by atoms with E-state index in [-0.39, 0.29) is 34.0 Å². The smallest absolute Gasteiger partial charge is 0.270 e. The van der Waals surface area contributed by atoms with Gasteiger partial charge >= 0.3 is 0 Å². The number of rotatable bonds is 4. The first kappa shape index (κ1) is 24.5. The van der Waals surface area contributed by atoms with Gasteiger partial charge in [0.25, 0.3) is 5.91 Å². The van der Waals surface area contributed by atoms with Gasteiger partial charge in [-0.3, -0.25) is 14.7 Å². The Balaban J connectivity index is 1.31. The van der Waals surface area contributed by atoms with Crippen LogP contribution in [0.5, 0.6) is 0 Å². The molecule has 0 atom stereocenters. The Morgan fingerprint density at radius 1 is 1.03 bits per heavy atom. The number of aliphatic imine (C=N–C) groups is 1. The van der Waals surface area contributed by atoms with Crippen LogP contribution in [0.15, 0.2) is 41.5 Å². The van der Waals surface area contributed by atoms with Crippen LogP contribution in [0.3, 0.4) is 0 Å². The number of guanidine groups is 1. The maximum Gasteiger partial charge on any atom is 0.270 e. The Morgan fingerprint density at radius 3 is 2.55 bits per heavy atom. The summed E-state index contributed by atoms with van der Waals surface area (Å²) < 4.78 is 30.0. The van der Waals surface area contributed by atoms with Crippen LogP contribution < -0.4 is 20.0 Å². The van der Waals surface area contributed by atoms with Crippen LogP contribution in [0.25, 0.3) is 0 Å². The van der Waals surface area contributed by atoms with E-state index in [0.717, 1.165) is 31.7 Å². The van der Waals surface area contributed by atoms with Gasteiger partial charge in [-0.2, -0.15) is 4.98 Å². The zero-order valence-electron chi connectivity index (χ0n) is 20.9. The molecule has 1 aromatic heterocycles. The van der Waals surface area contributed by atoms with Crippen molar-refractivity contribution in [2.45, 2.75) is 6.92 Å². The fourth-order valence-electron chi connectivity index (χ4n) is 5.10. The molecule has 0 aliphatic carbocycles. The summed E-state index contributed by atoms with van der Waals surface area (Å²) in [5, 5.41) is 3.16. The average Bonchev–Trinajstić information content (AvgIpc) is 3.36. The van der Waals surface area contributed by atoms with Gasteiger partial charge in [-0.25, -0.2) is 18.7 Å². The maximum atomic E-state index is 15.2. The lowest BCUT2D eigenvalue weighted by Gasteiger charge is -2.35. The zero-order valence-corrected chi connectivity index (χ0v) is 21.6. The summed E-state index contributed by atoms with van der Waals surface area (Å²) >= 11 is 6.27. The largest absolute Gasteiger partial charge is 0.366 e. The van der Waals surface area contributed by atoms with E-state index in [1.165, 1.54) is 35.4 Å². The van der Waals surface area contributed by atoms with Crippen LogP contribution in [0.1, 0.15) is 15.9 Å². The van der Waals surface area contributed by atoms with Crippen molar-refractivity contribution in [1.29, 1.82) is 0 Å². The van der Waals surface area contributed by atoms with Crippen molar-refractivity contribution >= 4 is 52.3 Å². The van der Waals surface area contributed by atoms with Crippen molar-refractivity contribution in [1.82, 2.24) is 14.9 Å². The van der Waals surface area contributed by atoms with Crippen LogP contribution in [0, 0.1) is 18.6 Å². The molecule has 0 saturated carbocycles. The number of anilines is 5. The molecule has 0 bridgehead atoms. The average molecular weight is 539 g/mol. The van der Waals surface area contributed by atoms with Gasteiger partial charge in [-0.05, 0) is 43.8 Å². The number of nitrogens with one attached hydrogen (secondary N) is 1. The summed E-state index contributed by atoms with van der Waals surface area (Å²) in [4.78, 5) is 33.9. The predicted octanol–water partition coefficient (Wildman–Crippen LogP) is 4.05. The summed E-state index contributed by atoms with van der Waals surface area (Å²) in [7, 11) is 2.06. The molecule has 38 heavy (non-hydrogen) atoms. The third-order valence-electron chi connectivity index (χ3n) is 6.97. The fraction of sp³-hybridized carbons (Fsp3) is 0.308. The summed E-state index contributed by atoms with van der Waals surface area (Å²) in [6, 6.07) is 7.52. The Hall–Kier alpha value is -3.83. The number of carbonyl (C=O) groups excluding carboxylic acids is 1. The number of fused-ring (bicyclic) bond motifs is 3. The van der Waals surface area contributed by atoms with Gasteiger partial charge in [0.05, 0.1) is 17.3 Å². The summed E-state index contributed by atoms with van der Waals surface area (Å²) in [6.45, 7) is 6.00. The number of para-hydroxylation sites is 1. The molecule has 6 rings (SSSR count). The molecule has 12 heteroatoms. The monoisotopic (exact) mass is 538 g/mol. The summed E-state index contributed by atoms with van der Waals surface area (Å²) in [5.74, 6) is -0.700. The van der Waals surface area contributed by atoms with Crippen LogP contribution >= 0.6 is 11.6 Å². The highest BCUT2D eigenvalue weighted by molar-refractivity contribution is 6.38. The van der Waals surface area contributed by atoms with Crippen LogP contribution in [-0.2, 0) is 0 Å². The van der Waals surface area contributed by atoms with E-state index in [1.54, 1.807) is 4.90 Å². The normalized spacial score (nSPS) is 17.4. The molecule has 1 N–H and O–H groups in total. The van der Waals surface area contributed by atoms with E-state index in [2.05, 4.69) is 37.1 Å². The van der Waals surface area contributed by atoms with E-state index < -0.39 is 11.7 Å². The molecule has 3 aliphatic heterocycles. The van der Waals surface area contributed by atoms with Crippen molar-refractivity contribution in [2.24, 2.45) is 4.99 Å². The molecule has 9 nitrogen and oxygen atoms in total. The van der Waals surface area contributed by atoms with Crippen molar-refractivity contribution in [3.05, 3.63) is 64.3 Å². The Morgan fingerprint density at radius 2 is 1.82 bits per heavy atom. The van der Waals surface area contributed by atoms with Gasteiger partial charge in [0.15, 0.2) is 5.82 Å². The van der Waals surface area contributed by atoms with E-state index >= 15 is 4.39 Å². The quantitative estimate of drug-likeness (QED) is 0.537. The van der Waals surface area contributed by atoms with Gasteiger partial charge < -0.3 is 15.1 Å². The first-order valence-corrected chi connectivity index (χ1v) is 12.7. The number of benzene rings is 2. The molecule has 3 aliphatic rings. The van der Waals surface area contributed by atoms with Gasteiger partial charge in [0, 0.05) is 44.6 Å². The number of aromatic nitrogens is 2. The zero-order chi connectivity index (χ0) is 26.6. The minimum atomic E-state index is -0.638. The van der Waals surface area contributed by atoms with Crippen LogP contribution in [0.2, 0.25) is 5.02 Å². The minimum absolute atomic E-state index is 0.0657. The summed E-state index contributed by atoms with van der Waals surface area (Å²) in [6.07, 6.45) is 1.38. The number of hydrogen-bond donors (Lipinski definition) is 1. The van der Waals surface area contributed by atoms with E-state index in [4.69, 9.17) is 11.6 Å². The number of nitrogens with zero attached hydrogens (tertiary/aromatic N) is 7. The van der Waals surface area contributed by atoms with Gasteiger partial charge in [0.1, 0.15) is 22.9 Å². The second-order valence-electron chi connectivity index (χ2n) is 9.51. The van der Waals surface area contributed by atoms with Gasteiger partial charge in [0.2, 0.25) is 11.9 Å². The van der Waals surface area contributed by atoms with Crippen LogP contribution in [0.4, 0.5) is 37.6 Å². The Bertz CT molecular complexity index is 1430. The van der Waals surface area contributed by atoms with Gasteiger partial charge in [-0.1, -0.05) is 17.7 Å². The molecule has 196 valence electrons. The SMILES string of the molecule is Cc1cc(Nc2ncc3c(n2)N2CCN=C2N(c2c(F)cccc2Cl)C3=O)cc(F)c1N1CCN(C)CC1. The lowest BCUT2D eigenvalue weighted by Crippen LogP contribution is -2.51. The highest BCUT2D eigenvalue weighted by atomic mass is 35.5. The number of halogens is 3. The second kappa shape index (κ2) is 9.48. The van der Waals surface area contributed by atoms with E-state index in [9.17, 15) is 9.18 Å². The fourth-order valence-corrected chi connectivity index (χ4v) is 5.35. The molecule has 3 aromatic rings. The molecule has 1 fully saturated rings. The number of piperazine rings is 1. The van der Waals surface area contributed by atoms with E-state index in [1.807, 2.05) is 13.0 Å². The third-order valence-corrected chi connectivity index (χ3v) is 7.27. The van der Waals surface area contributed by atoms with Crippen LogP contribution in [-0.4, -0.2) is 73.1 Å². The van der Waals surface area contributed by atoms with Crippen molar-refractivity contribution in [2.75, 3.05) is 66.3 Å². The third kappa shape index (κ3) is 4.11. The number of amides is 1. The Labute approximate surface area is 223 Å². The van der Waals surface area contributed by atoms with Crippen molar-refractivity contribution in [3.63, 3.8) is 0 Å². The maximum absolute atomic E-state index is 15.2. The highest BCUT2D eigenvalue weighted by Gasteiger charge is 2.41. The molecule has 1 saturated heterocycles. The second-order valence-corrected chi connectivity index (χ2v) is 9.92. The number of carbonyl (C=O) groups is 1. The molecule has 0 radical (unpaired) electrons. The standard InChI is InChI=1S/C26H25ClF2N8O/c1-15-12-16(13-20(29)21(15)35-10-8-34(2)9-11-35)32-25-31-14-17-23(33-25)36-7-6-30-26(36)37(24(17)38)22-18(27)4-3-5-19(22)28/h3-5,12-14H,6-11H2,1-2H3,(H,31,32,33). The van der Waals surface area contributed by atoms with E-state index in [0.29, 0.717) is 30.3 Å². The highest BCUT2D eigenvalue weighted by Crippen LogP contribution is 2.37. The lowest BCUT2D eigenvalue weighted by atomic mass is 10.1. The van der Waals surface area contributed by atoms with Crippen molar-refractivity contribution < 1.29 is 13.6 Å². The lowest BCUT2D eigenvalue weighted by molar-refractivity contribution is 0.0999. The Kier molecular flexibility index (Phi) is 6.11. The summed E-state index contributed by atoms with van der Waals surface area (Å²) in [5.41, 5.74) is 2.02. The number of aryl methyl sites for hydroxylation is 1. The minimum Gasteiger partial charge on any atom is -0.366 e. The molecule has 0 spiro atoms. The number of hydrogen-bond acceptors (Lipinski definition) is 8. The predicted molar refractivity (Wildman–Crippen MR) is 144 cm³/mol. The first-order chi connectivity index (χ1) is 18.3. The molecular formula is C26H25ClF2N8O. The van der Waals surface area contributed by atoms with Gasteiger partial charge in [-0.15, -0.1) is 0 Å². The molecule has 2 aromatic carbocycles. The van der Waals surface area contributed by atoms with Crippen molar-refractivity contribution in [3.8, 4) is 0 Å². The topological polar surface area (TPSA) is 80.2 Å². The molecule has 4 heterocycles. The molecule has 1 amide bonds. The molecular weight excluding hydrogens is 514 g/mol. The first-order valence-electron chi connectivity index (χ1n) is 12.3.